The SMILES string of the molecule is O=C(NCc1ccccc1Cn1cncn1)[C@@H]1C[C@H]1c1ccccc1. The van der Waals surface area contributed by atoms with Gasteiger partial charge in [0.25, 0.3) is 0 Å². The molecule has 0 unspecified atom stereocenters. The molecule has 4 rings (SSSR count). The Kier molecular flexibility index (Phi) is 4.29. The molecular formula is C20H20N4O. The minimum Gasteiger partial charge on any atom is -0.352 e. The van der Waals surface area contributed by atoms with E-state index in [4.69, 9.17) is 0 Å². The average Bonchev–Trinajstić information content (AvgIpc) is 3.30. The van der Waals surface area contributed by atoms with Gasteiger partial charge in [0.1, 0.15) is 12.7 Å². The van der Waals surface area contributed by atoms with Gasteiger partial charge in [0.15, 0.2) is 0 Å². The van der Waals surface area contributed by atoms with E-state index in [1.54, 1.807) is 11.0 Å². The first-order chi connectivity index (χ1) is 12.3. The predicted octanol–water partition coefficient (Wildman–Crippen LogP) is 2.75. The molecule has 0 bridgehead atoms. The second kappa shape index (κ2) is 6.89. The quantitative estimate of drug-likeness (QED) is 0.755. The number of carbonyl (C=O) groups is 1. The highest BCUT2D eigenvalue weighted by Crippen LogP contribution is 2.47. The summed E-state index contributed by atoms with van der Waals surface area (Å²) in [5, 5.41) is 7.24. The van der Waals surface area contributed by atoms with Crippen molar-refractivity contribution < 1.29 is 4.79 Å². The van der Waals surface area contributed by atoms with Crippen LogP contribution in [0.25, 0.3) is 0 Å². The normalized spacial score (nSPS) is 18.7. The highest BCUT2D eigenvalue weighted by atomic mass is 16.2. The van der Waals surface area contributed by atoms with Gasteiger partial charge in [-0.25, -0.2) is 9.67 Å². The van der Waals surface area contributed by atoms with Crippen LogP contribution in [-0.2, 0) is 17.9 Å². The molecule has 1 aromatic heterocycles. The van der Waals surface area contributed by atoms with Crippen molar-refractivity contribution >= 4 is 5.91 Å². The topological polar surface area (TPSA) is 59.8 Å². The fourth-order valence-corrected chi connectivity index (χ4v) is 3.24. The summed E-state index contributed by atoms with van der Waals surface area (Å²) >= 11 is 0. The molecule has 2 aromatic carbocycles. The Labute approximate surface area is 146 Å². The van der Waals surface area contributed by atoms with Gasteiger partial charge in [-0.15, -0.1) is 0 Å². The smallest absolute Gasteiger partial charge is 0.224 e. The van der Waals surface area contributed by atoms with Gasteiger partial charge in [-0.1, -0.05) is 54.6 Å². The van der Waals surface area contributed by atoms with Gasteiger partial charge in [-0.05, 0) is 29.0 Å². The summed E-state index contributed by atoms with van der Waals surface area (Å²) in [5.41, 5.74) is 3.51. The van der Waals surface area contributed by atoms with E-state index in [0.717, 1.165) is 17.5 Å². The van der Waals surface area contributed by atoms with Crippen molar-refractivity contribution in [2.45, 2.75) is 25.4 Å². The van der Waals surface area contributed by atoms with Crippen LogP contribution in [0.1, 0.15) is 29.0 Å². The summed E-state index contributed by atoms with van der Waals surface area (Å²) in [7, 11) is 0. The number of nitrogens with one attached hydrogen (secondary N) is 1. The number of hydrogen-bond donors (Lipinski definition) is 1. The molecule has 3 aromatic rings. The zero-order valence-electron chi connectivity index (χ0n) is 13.9. The third-order valence-corrected chi connectivity index (χ3v) is 4.73. The molecule has 0 spiro atoms. The number of aromatic nitrogens is 3. The van der Waals surface area contributed by atoms with Crippen LogP contribution in [0, 0.1) is 5.92 Å². The van der Waals surface area contributed by atoms with Crippen molar-refractivity contribution in [3.8, 4) is 0 Å². The van der Waals surface area contributed by atoms with E-state index in [1.165, 1.54) is 11.9 Å². The fraction of sp³-hybridized carbons (Fsp3) is 0.250. The van der Waals surface area contributed by atoms with Crippen LogP contribution in [0.4, 0.5) is 0 Å². The minimum atomic E-state index is 0.102. The van der Waals surface area contributed by atoms with Crippen LogP contribution in [0.3, 0.4) is 0 Å². The maximum Gasteiger partial charge on any atom is 0.224 e. The monoisotopic (exact) mass is 332 g/mol. The lowest BCUT2D eigenvalue weighted by molar-refractivity contribution is -0.122. The lowest BCUT2D eigenvalue weighted by atomic mass is 10.1. The van der Waals surface area contributed by atoms with Crippen LogP contribution in [0.2, 0.25) is 0 Å². The van der Waals surface area contributed by atoms with Crippen molar-refractivity contribution in [2.24, 2.45) is 5.92 Å². The summed E-state index contributed by atoms with van der Waals surface area (Å²) in [6.07, 6.45) is 4.17. The molecular weight excluding hydrogens is 312 g/mol. The first-order valence-corrected chi connectivity index (χ1v) is 8.53. The number of rotatable bonds is 6. The molecule has 0 radical (unpaired) electrons. The highest BCUT2D eigenvalue weighted by molar-refractivity contribution is 5.82. The first kappa shape index (κ1) is 15.6. The number of hydrogen-bond acceptors (Lipinski definition) is 3. The first-order valence-electron chi connectivity index (χ1n) is 8.53. The summed E-state index contributed by atoms with van der Waals surface area (Å²) in [6.45, 7) is 1.20. The molecule has 1 amide bonds. The van der Waals surface area contributed by atoms with E-state index in [-0.39, 0.29) is 11.8 Å². The third kappa shape index (κ3) is 3.60. The van der Waals surface area contributed by atoms with E-state index in [1.807, 2.05) is 36.4 Å². The standard InChI is InChI=1S/C20H20N4O/c25-20(19-10-18(19)15-6-2-1-3-7-15)22-11-16-8-4-5-9-17(16)12-24-14-21-13-23-24/h1-9,13-14,18-19H,10-12H2,(H,22,25)/t18-,19+/m0/s1. The van der Waals surface area contributed by atoms with Gasteiger partial charge in [-0.2, -0.15) is 5.10 Å². The summed E-state index contributed by atoms with van der Waals surface area (Å²) in [4.78, 5) is 16.4. The van der Waals surface area contributed by atoms with Crippen LogP contribution >= 0.6 is 0 Å². The number of carbonyl (C=O) groups excluding carboxylic acids is 1. The molecule has 0 saturated heterocycles. The van der Waals surface area contributed by atoms with Gasteiger partial charge < -0.3 is 5.32 Å². The Bertz CT molecular complexity index is 845. The van der Waals surface area contributed by atoms with Crippen LogP contribution in [-0.4, -0.2) is 20.7 Å². The van der Waals surface area contributed by atoms with E-state index in [2.05, 4.69) is 33.6 Å². The Morgan fingerprint density at radius 1 is 1.08 bits per heavy atom. The molecule has 1 aliphatic rings. The molecule has 1 heterocycles. The van der Waals surface area contributed by atoms with Crippen LogP contribution in [0.15, 0.2) is 67.3 Å². The van der Waals surface area contributed by atoms with Gasteiger partial charge in [-0.3, -0.25) is 4.79 Å². The van der Waals surface area contributed by atoms with Crippen molar-refractivity contribution in [3.63, 3.8) is 0 Å². The summed E-state index contributed by atoms with van der Waals surface area (Å²) in [6, 6.07) is 18.4. The molecule has 1 fully saturated rings. The Hall–Kier alpha value is -2.95. The van der Waals surface area contributed by atoms with Gasteiger partial charge >= 0.3 is 0 Å². The predicted molar refractivity (Wildman–Crippen MR) is 94.7 cm³/mol. The Morgan fingerprint density at radius 2 is 1.84 bits per heavy atom. The molecule has 0 aliphatic heterocycles. The highest BCUT2D eigenvalue weighted by Gasteiger charge is 2.43. The molecule has 5 nitrogen and oxygen atoms in total. The summed E-state index contributed by atoms with van der Waals surface area (Å²) < 4.78 is 1.78. The largest absolute Gasteiger partial charge is 0.352 e. The van der Waals surface area contributed by atoms with E-state index in [0.29, 0.717) is 19.0 Å². The van der Waals surface area contributed by atoms with Gasteiger partial charge in [0.2, 0.25) is 5.91 Å². The summed E-state index contributed by atoms with van der Waals surface area (Å²) in [5.74, 6) is 0.612. The minimum absolute atomic E-state index is 0.102. The average molecular weight is 332 g/mol. The van der Waals surface area contributed by atoms with Gasteiger partial charge in [0, 0.05) is 12.5 Å². The molecule has 126 valence electrons. The zero-order chi connectivity index (χ0) is 17.1. The maximum atomic E-state index is 12.5. The molecule has 1 aliphatic carbocycles. The van der Waals surface area contributed by atoms with Crippen LogP contribution < -0.4 is 5.32 Å². The third-order valence-electron chi connectivity index (χ3n) is 4.73. The van der Waals surface area contributed by atoms with Crippen molar-refractivity contribution in [2.75, 3.05) is 0 Å². The number of nitrogens with zero attached hydrogens (tertiary/aromatic N) is 3. The van der Waals surface area contributed by atoms with Crippen molar-refractivity contribution in [3.05, 3.63) is 83.9 Å². The van der Waals surface area contributed by atoms with Crippen molar-refractivity contribution in [1.82, 2.24) is 20.1 Å². The van der Waals surface area contributed by atoms with Crippen LogP contribution in [0.5, 0.6) is 0 Å². The second-order valence-corrected chi connectivity index (χ2v) is 6.44. The molecule has 2 atom stereocenters. The fourth-order valence-electron chi connectivity index (χ4n) is 3.24. The maximum absolute atomic E-state index is 12.5. The Morgan fingerprint density at radius 3 is 2.60 bits per heavy atom. The second-order valence-electron chi connectivity index (χ2n) is 6.44. The Balaban J connectivity index is 1.37. The molecule has 1 saturated carbocycles. The van der Waals surface area contributed by atoms with Crippen molar-refractivity contribution in [1.29, 1.82) is 0 Å². The van der Waals surface area contributed by atoms with E-state index in [9.17, 15) is 4.79 Å². The number of benzene rings is 2. The van der Waals surface area contributed by atoms with E-state index >= 15 is 0 Å². The lowest BCUT2D eigenvalue weighted by Gasteiger charge is -2.11. The van der Waals surface area contributed by atoms with Gasteiger partial charge in [0.05, 0.1) is 6.54 Å². The zero-order valence-corrected chi connectivity index (χ0v) is 13.9. The van der Waals surface area contributed by atoms with E-state index < -0.39 is 0 Å². The number of amides is 1. The molecule has 1 N–H and O–H groups in total. The molecule has 25 heavy (non-hydrogen) atoms. The molecule has 5 heteroatoms. The lowest BCUT2D eigenvalue weighted by Crippen LogP contribution is -2.25.